The van der Waals surface area contributed by atoms with Crippen molar-refractivity contribution in [3.05, 3.63) is 22.3 Å². The lowest BCUT2D eigenvalue weighted by Crippen LogP contribution is -2.37. The molecule has 1 aliphatic rings. The molecule has 2 aromatic heterocycles. The van der Waals surface area contributed by atoms with Gasteiger partial charge in [0.05, 0.1) is 12.2 Å². The van der Waals surface area contributed by atoms with E-state index < -0.39 is 0 Å². The second-order valence-corrected chi connectivity index (χ2v) is 6.01. The van der Waals surface area contributed by atoms with Crippen molar-refractivity contribution in [2.75, 3.05) is 24.1 Å². The molecule has 0 spiro atoms. The normalized spacial score (nSPS) is 13.7. The van der Waals surface area contributed by atoms with Gasteiger partial charge in [-0.15, -0.1) is 5.10 Å². The Bertz CT molecular complexity index is 689. The zero-order valence-corrected chi connectivity index (χ0v) is 13.8. The Balaban J connectivity index is 1.82. The van der Waals surface area contributed by atoms with Crippen molar-refractivity contribution >= 4 is 29.2 Å². The van der Waals surface area contributed by atoms with Gasteiger partial charge in [0.25, 0.3) is 5.91 Å². The molecule has 0 aliphatic carbocycles. The van der Waals surface area contributed by atoms with E-state index in [0.29, 0.717) is 25.2 Å². The number of fused-ring (bicyclic) bond motifs is 1. The summed E-state index contributed by atoms with van der Waals surface area (Å²) in [7, 11) is 0. The van der Waals surface area contributed by atoms with Crippen molar-refractivity contribution in [2.24, 2.45) is 0 Å². The van der Waals surface area contributed by atoms with Crippen LogP contribution in [0.25, 0.3) is 0 Å². The van der Waals surface area contributed by atoms with Crippen molar-refractivity contribution in [3.63, 3.8) is 0 Å². The maximum absolute atomic E-state index is 12.5. The van der Waals surface area contributed by atoms with Crippen LogP contribution in [0.3, 0.4) is 0 Å². The van der Waals surface area contributed by atoms with Crippen LogP contribution in [0, 0.1) is 0 Å². The lowest BCUT2D eigenvalue weighted by atomic mass is 10.1. The van der Waals surface area contributed by atoms with E-state index in [1.807, 2.05) is 0 Å². The monoisotopic (exact) mass is 333 g/mol. The Labute approximate surface area is 138 Å². The first kappa shape index (κ1) is 15.6. The topological polar surface area (TPSA) is 110 Å². The fraction of sp³-hybridized carbons (Fsp3) is 0.500. The molecule has 1 aliphatic heterocycles. The van der Waals surface area contributed by atoms with Crippen LogP contribution >= 0.6 is 11.5 Å². The maximum atomic E-state index is 12.5. The Morgan fingerprint density at radius 2 is 2.35 bits per heavy atom. The van der Waals surface area contributed by atoms with E-state index >= 15 is 0 Å². The minimum atomic E-state index is -0.110. The van der Waals surface area contributed by atoms with Gasteiger partial charge in [-0.3, -0.25) is 4.79 Å². The van der Waals surface area contributed by atoms with E-state index in [2.05, 4.69) is 31.8 Å². The molecule has 3 heterocycles. The summed E-state index contributed by atoms with van der Waals surface area (Å²) in [5.41, 5.74) is 8.04. The van der Waals surface area contributed by atoms with Gasteiger partial charge in [0, 0.05) is 30.5 Å². The zero-order chi connectivity index (χ0) is 16.2. The summed E-state index contributed by atoms with van der Waals surface area (Å²) in [6.07, 6.45) is 2.80. The Kier molecular flexibility index (Phi) is 4.65. The fourth-order valence-electron chi connectivity index (χ4n) is 2.56. The van der Waals surface area contributed by atoms with E-state index in [1.54, 1.807) is 10.3 Å². The highest BCUT2D eigenvalue weighted by atomic mass is 32.1. The number of amides is 1. The summed E-state index contributed by atoms with van der Waals surface area (Å²) in [6, 6.07) is 0. The first-order valence-corrected chi connectivity index (χ1v) is 8.48. The largest absolute Gasteiger partial charge is 0.370 e. The summed E-state index contributed by atoms with van der Waals surface area (Å²) < 4.78 is 3.75. The molecule has 0 fully saturated rings. The molecule has 2 aromatic rings. The minimum Gasteiger partial charge on any atom is -0.370 e. The van der Waals surface area contributed by atoms with Gasteiger partial charge in [0.2, 0.25) is 5.95 Å². The van der Waals surface area contributed by atoms with Gasteiger partial charge in [-0.25, -0.2) is 4.98 Å². The first-order chi connectivity index (χ1) is 11.2. The van der Waals surface area contributed by atoms with Crippen LogP contribution in [-0.2, 0) is 13.0 Å². The van der Waals surface area contributed by atoms with Gasteiger partial charge >= 0.3 is 0 Å². The number of aromatic nitrogens is 4. The molecule has 0 bridgehead atoms. The predicted octanol–water partition coefficient (Wildman–Crippen LogP) is 1.32. The molecule has 0 atom stereocenters. The lowest BCUT2D eigenvalue weighted by molar-refractivity contribution is 0.0728. The summed E-state index contributed by atoms with van der Waals surface area (Å²) in [5, 5.41) is 8.83. The van der Waals surface area contributed by atoms with Crippen molar-refractivity contribution in [1.29, 1.82) is 0 Å². The first-order valence-electron chi connectivity index (χ1n) is 7.64. The number of hydrogen-bond donors (Lipinski definition) is 2. The second-order valence-electron chi connectivity index (χ2n) is 5.40. The minimum absolute atomic E-state index is 0.110. The Hall–Kier alpha value is -2.29. The predicted molar refractivity (Wildman–Crippen MR) is 88.2 cm³/mol. The third kappa shape index (κ3) is 3.39. The average Bonchev–Trinajstić information content (AvgIpc) is 3.08. The van der Waals surface area contributed by atoms with Crippen molar-refractivity contribution in [1.82, 2.24) is 24.5 Å². The van der Waals surface area contributed by atoms with Gasteiger partial charge < -0.3 is 16.0 Å². The third-order valence-corrected chi connectivity index (χ3v) is 4.27. The van der Waals surface area contributed by atoms with Gasteiger partial charge in [-0.1, -0.05) is 17.8 Å². The number of carbonyl (C=O) groups excluding carboxylic acids is 1. The van der Waals surface area contributed by atoms with Gasteiger partial charge in [-0.2, -0.15) is 4.98 Å². The number of anilines is 2. The van der Waals surface area contributed by atoms with Gasteiger partial charge in [0.1, 0.15) is 5.82 Å². The smallest absolute Gasteiger partial charge is 0.275 e. The zero-order valence-electron chi connectivity index (χ0n) is 12.9. The number of hydrogen-bond acceptors (Lipinski definition) is 8. The van der Waals surface area contributed by atoms with Crippen molar-refractivity contribution in [3.8, 4) is 0 Å². The molecule has 0 saturated carbocycles. The molecular weight excluding hydrogens is 314 g/mol. The van der Waals surface area contributed by atoms with Crippen LogP contribution in [0.5, 0.6) is 0 Å². The highest BCUT2D eigenvalue weighted by Crippen LogP contribution is 2.25. The standard InChI is InChI=1S/C14H19N7OS/c1-2-3-5-16-12-9-7-21(13(22)11-8-23-20-19-11)6-4-10(9)17-14(15)18-12/h8H,2-7H2,1H3,(H3,15,16,17,18). The molecule has 0 unspecified atom stereocenters. The summed E-state index contributed by atoms with van der Waals surface area (Å²) in [4.78, 5) is 22.8. The Morgan fingerprint density at radius 3 is 3.09 bits per heavy atom. The quantitative estimate of drug-likeness (QED) is 0.794. The molecule has 122 valence electrons. The molecule has 0 radical (unpaired) electrons. The molecule has 23 heavy (non-hydrogen) atoms. The highest BCUT2D eigenvalue weighted by Gasteiger charge is 2.27. The van der Waals surface area contributed by atoms with Crippen molar-refractivity contribution < 1.29 is 4.79 Å². The summed E-state index contributed by atoms with van der Waals surface area (Å²) in [6.45, 7) is 4.01. The average molecular weight is 333 g/mol. The maximum Gasteiger partial charge on any atom is 0.275 e. The molecule has 3 rings (SSSR count). The molecule has 3 N–H and O–H groups in total. The molecular formula is C14H19N7OS. The number of nitrogens with two attached hydrogens (primary N) is 1. The number of carbonyl (C=O) groups is 1. The molecule has 0 aromatic carbocycles. The summed E-state index contributed by atoms with van der Waals surface area (Å²) >= 11 is 1.17. The highest BCUT2D eigenvalue weighted by molar-refractivity contribution is 7.03. The molecule has 9 heteroatoms. The number of unbranched alkanes of at least 4 members (excludes halogenated alkanes) is 1. The summed E-state index contributed by atoms with van der Waals surface area (Å²) in [5.74, 6) is 0.891. The number of nitrogens with one attached hydrogen (secondary N) is 1. The molecule has 0 saturated heterocycles. The number of rotatable bonds is 5. The lowest BCUT2D eigenvalue weighted by Gasteiger charge is -2.29. The van der Waals surface area contributed by atoms with Gasteiger partial charge in [-0.05, 0) is 18.0 Å². The van der Waals surface area contributed by atoms with Crippen LogP contribution in [0.2, 0.25) is 0 Å². The van der Waals surface area contributed by atoms with E-state index in [9.17, 15) is 4.79 Å². The van der Waals surface area contributed by atoms with E-state index in [4.69, 9.17) is 5.73 Å². The second kappa shape index (κ2) is 6.86. The van der Waals surface area contributed by atoms with Crippen LogP contribution in [0.15, 0.2) is 5.38 Å². The van der Waals surface area contributed by atoms with Crippen LogP contribution in [-0.4, -0.2) is 43.5 Å². The number of nitrogens with zero attached hydrogens (tertiary/aromatic N) is 5. The Morgan fingerprint density at radius 1 is 1.48 bits per heavy atom. The SMILES string of the molecule is CCCCNc1nc(N)nc2c1CN(C(=O)c1csnn1)CC2. The molecule has 8 nitrogen and oxygen atoms in total. The third-order valence-electron chi connectivity index (χ3n) is 3.77. The van der Waals surface area contributed by atoms with E-state index in [1.165, 1.54) is 11.5 Å². The van der Waals surface area contributed by atoms with E-state index in [-0.39, 0.29) is 11.9 Å². The van der Waals surface area contributed by atoms with Gasteiger partial charge in [0.15, 0.2) is 5.69 Å². The van der Waals surface area contributed by atoms with E-state index in [0.717, 1.165) is 36.5 Å². The van der Waals surface area contributed by atoms with Crippen LogP contribution < -0.4 is 11.1 Å². The molecule has 1 amide bonds. The van der Waals surface area contributed by atoms with Crippen LogP contribution in [0.4, 0.5) is 11.8 Å². The fourth-order valence-corrected chi connectivity index (χ4v) is 2.99. The van der Waals surface area contributed by atoms with Crippen LogP contribution in [0.1, 0.15) is 41.5 Å². The number of nitrogen functional groups attached to an aromatic ring is 1. The van der Waals surface area contributed by atoms with Crippen molar-refractivity contribution in [2.45, 2.75) is 32.7 Å².